The molecule has 0 amide bonds. The average molecular weight is 244 g/mol. The van der Waals surface area contributed by atoms with E-state index in [1.807, 2.05) is 18.3 Å². The molecule has 0 spiro atoms. The number of carbonyl (C=O) groups excluding carboxylic acids is 1. The molecule has 2 rings (SSSR count). The van der Waals surface area contributed by atoms with Crippen molar-refractivity contribution in [3.63, 3.8) is 0 Å². The standard InChI is InChI=1S/C15H20N2O/c1-10(2)17-15(11(3)18)8-12-9-16-14-7-5-4-6-13(12)14/h4-7,9-10,15-17H,8H2,1-3H3/t15-/m0/s1. The van der Waals surface area contributed by atoms with E-state index in [1.54, 1.807) is 6.92 Å². The van der Waals surface area contributed by atoms with E-state index >= 15 is 0 Å². The largest absolute Gasteiger partial charge is 0.361 e. The highest BCUT2D eigenvalue weighted by Gasteiger charge is 2.17. The molecule has 0 unspecified atom stereocenters. The lowest BCUT2D eigenvalue weighted by molar-refractivity contribution is -0.119. The first kappa shape index (κ1) is 12.8. The number of carbonyl (C=O) groups is 1. The van der Waals surface area contributed by atoms with E-state index < -0.39 is 0 Å². The summed E-state index contributed by atoms with van der Waals surface area (Å²) in [5.41, 5.74) is 2.32. The van der Waals surface area contributed by atoms with Crippen LogP contribution in [0.5, 0.6) is 0 Å². The zero-order chi connectivity index (χ0) is 13.1. The first-order chi connectivity index (χ1) is 8.58. The Morgan fingerprint density at radius 3 is 2.72 bits per heavy atom. The Kier molecular flexibility index (Phi) is 3.82. The highest BCUT2D eigenvalue weighted by molar-refractivity contribution is 5.86. The van der Waals surface area contributed by atoms with Gasteiger partial charge in [-0.2, -0.15) is 0 Å². The number of Topliss-reactive ketones (excluding diaryl/α,β-unsaturated/α-hetero) is 1. The maximum atomic E-state index is 11.7. The number of nitrogens with one attached hydrogen (secondary N) is 2. The number of aromatic amines is 1. The molecule has 3 nitrogen and oxygen atoms in total. The maximum absolute atomic E-state index is 11.7. The van der Waals surface area contributed by atoms with Gasteiger partial charge in [0.25, 0.3) is 0 Å². The normalized spacial score (nSPS) is 13.1. The van der Waals surface area contributed by atoms with Crippen molar-refractivity contribution in [1.82, 2.24) is 10.3 Å². The molecule has 96 valence electrons. The van der Waals surface area contributed by atoms with Gasteiger partial charge < -0.3 is 10.3 Å². The van der Waals surface area contributed by atoms with Crippen LogP contribution in [0.4, 0.5) is 0 Å². The molecule has 1 aromatic heterocycles. The smallest absolute Gasteiger partial charge is 0.147 e. The van der Waals surface area contributed by atoms with Crippen LogP contribution in [0.3, 0.4) is 0 Å². The minimum absolute atomic E-state index is 0.107. The molecule has 0 radical (unpaired) electrons. The van der Waals surface area contributed by atoms with Gasteiger partial charge in [0.15, 0.2) is 0 Å². The van der Waals surface area contributed by atoms with Crippen LogP contribution in [0.1, 0.15) is 26.3 Å². The second kappa shape index (κ2) is 5.36. The summed E-state index contributed by atoms with van der Waals surface area (Å²) >= 11 is 0. The van der Waals surface area contributed by atoms with Gasteiger partial charge in [-0.25, -0.2) is 0 Å². The lowest BCUT2D eigenvalue weighted by atomic mass is 10.0. The van der Waals surface area contributed by atoms with Gasteiger partial charge in [-0.1, -0.05) is 32.0 Å². The van der Waals surface area contributed by atoms with E-state index in [2.05, 4.69) is 36.3 Å². The highest BCUT2D eigenvalue weighted by atomic mass is 16.1. The topological polar surface area (TPSA) is 44.9 Å². The number of rotatable bonds is 5. The van der Waals surface area contributed by atoms with E-state index in [0.29, 0.717) is 6.04 Å². The van der Waals surface area contributed by atoms with Crippen molar-refractivity contribution in [3.05, 3.63) is 36.0 Å². The second-order valence-electron chi connectivity index (χ2n) is 5.05. The third-order valence-corrected chi connectivity index (χ3v) is 3.12. The number of benzene rings is 1. The molecule has 0 fully saturated rings. The van der Waals surface area contributed by atoms with Crippen molar-refractivity contribution < 1.29 is 4.79 Å². The van der Waals surface area contributed by atoms with E-state index in [0.717, 1.165) is 11.9 Å². The summed E-state index contributed by atoms with van der Waals surface area (Å²) in [4.78, 5) is 14.9. The summed E-state index contributed by atoms with van der Waals surface area (Å²) in [6.45, 7) is 5.77. The van der Waals surface area contributed by atoms with Crippen molar-refractivity contribution in [2.24, 2.45) is 0 Å². The van der Waals surface area contributed by atoms with Crippen molar-refractivity contribution in [2.75, 3.05) is 0 Å². The molecule has 0 aliphatic heterocycles. The van der Waals surface area contributed by atoms with Crippen molar-refractivity contribution in [3.8, 4) is 0 Å². The Bertz CT molecular complexity index is 542. The van der Waals surface area contributed by atoms with Crippen LogP contribution in [0.25, 0.3) is 10.9 Å². The van der Waals surface area contributed by atoms with Crippen LogP contribution in [0.2, 0.25) is 0 Å². The van der Waals surface area contributed by atoms with Gasteiger partial charge in [0, 0.05) is 23.1 Å². The zero-order valence-corrected chi connectivity index (χ0v) is 11.2. The van der Waals surface area contributed by atoms with Gasteiger partial charge in [-0.15, -0.1) is 0 Å². The van der Waals surface area contributed by atoms with E-state index in [1.165, 1.54) is 10.9 Å². The number of aromatic nitrogens is 1. The number of fused-ring (bicyclic) bond motifs is 1. The highest BCUT2D eigenvalue weighted by Crippen LogP contribution is 2.19. The fourth-order valence-corrected chi connectivity index (χ4v) is 2.24. The molecule has 2 N–H and O–H groups in total. The van der Waals surface area contributed by atoms with E-state index in [-0.39, 0.29) is 11.8 Å². The summed E-state index contributed by atoms with van der Waals surface area (Å²) < 4.78 is 0. The molecule has 0 saturated carbocycles. The third kappa shape index (κ3) is 2.79. The number of hydrogen-bond donors (Lipinski definition) is 2. The number of ketones is 1. The molecule has 3 heteroatoms. The fourth-order valence-electron chi connectivity index (χ4n) is 2.24. The monoisotopic (exact) mass is 244 g/mol. The minimum atomic E-state index is -0.107. The van der Waals surface area contributed by atoms with Crippen LogP contribution in [0.15, 0.2) is 30.5 Å². The lowest BCUT2D eigenvalue weighted by Crippen LogP contribution is -2.41. The van der Waals surface area contributed by atoms with Gasteiger partial charge in [0.1, 0.15) is 5.78 Å². The molecule has 1 heterocycles. The Labute approximate surface area is 108 Å². The maximum Gasteiger partial charge on any atom is 0.147 e. The van der Waals surface area contributed by atoms with Crippen LogP contribution in [-0.4, -0.2) is 22.9 Å². The summed E-state index contributed by atoms with van der Waals surface area (Å²) in [5, 5.41) is 4.52. The van der Waals surface area contributed by atoms with Crippen LogP contribution in [0, 0.1) is 0 Å². The summed E-state index contributed by atoms with van der Waals surface area (Å²) in [7, 11) is 0. The number of hydrogen-bond acceptors (Lipinski definition) is 2. The molecule has 1 atom stereocenters. The van der Waals surface area contributed by atoms with E-state index in [9.17, 15) is 4.79 Å². The minimum Gasteiger partial charge on any atom is -0.361 e. The fraction of sp³-hybridized carbons (Fsp3) is 0.400. The SMILES string of the molecule is CC(=O)[C@H](Cc1c[nH]c2ccccc12)NC(C)C. The Morgan fingerprint density at radius 1 is 1.33 bits per heavy atom. The van der Waals surface area contributed by atoms with Crippen molar-refractivity contribution >= 4 is 16.7 Å². The van der Waals surface area contributed by atoms with Gasteiger partial charge in [0.05, 0.1) is 6.04 Å². The zero-order valence-electron chi connectivity index (χ0n) is 11.2. The molecule has 0 bridgehead atoms. The van der Waals surface area contributed by atoms with Gasteiger partial charge >= 0.3 is 0 Å². The predicted octanol–water partition coefficient (Wildman–Crippen LogP) is 2.67. The summed E-state index contributed by atoms with van der Waals surface area (Å²) in [6, 6.07) is 8.38. The number of H-pyrrole nitrogens is 1. The first-order valence-electron chi connectivity index (χ1n) is 6.39. The van der Waals surface area contributed by atoms with Crippen LogP contribution < -0.4 is 5.32 Å². The molecular formula is C15H20N2O. The lowest BCUT2D eigenvalue weighted by Gasteiger charge is -2.18. The Morgan fingerprint density at radius 2 is 2.06 bits per heavy atom. The van der Waals surface area contributed by atoms with E-state index in [4.69, 9.17) is 0 Å². The molecule has 0 saturated heterocycles. The molecule has 0 aliphatic rings. The van der Waals surface area contributed by atoms with Gasteiger partial charge in [-0.05, 0) is 25.0 Å². The predicted molar refractivity (Wildman–Crippen MR) is 74.7 cm³/mol. The summed E-state index contributed by atoms with van der Waals surface area (Å²) in [6.07, 6.45) is 2.74. The number of para-hydroxylation sites is 1. The third-order valence-electron chi connectivity index (χ3n) is 3.12. The Balaban J connectivity index is 2.23. The van der Waals surface area contributed by atoms with Crippen LogP contribution >= 0.6 is 0 Å². The van der Waals surface area contributed by atoms with Crippen molar-refractivity contribution in [2.45, 2.75) is 39.3 Å². The molecule has 1 aromatic carbocycles. The van der Waals surface area contributed by atoms with Crippen molar-refractivity contribution in [1.29, 1.82) is 0 Å². The van der Waals surface area contributed by atoms with Crippen LogP contribution in [-0.2, 0) is 11.2 Å². The average Bonchev–Trinajstić information content (AvgIpc) is 2.71. The molecule has 0 aliphatic carbocycles. The second-order valence-corrected chi connectivity index (χ2v) is 5.05. The van der Waals surface area contributed by atoms with Gasteiger partial charge in [-0.3, -0.25) is 4.79 Å². The van der Waals surface area contributed by atoms with Gasteiger partial charge in [0.2, 0.25) is 0 Å². The quantitative estimate of drug-likeness (QED) is 0.849. The molecular weight excluding hydrogens is 224 g/mol. The molecule has 18 heavy (non-hydrogen) atoms. The first-order valence-corrected chi connectivity index (χ1v) is 6.39. The summed E-state index contributed by atoms with van der Waals surface area (Å²) in [5.74, 6) is 0.189. The Hall–Kier alpha value is -1.61. The molecule has 2 aromatic rings.